The van der Waals surface area contributed by atoms with Crippen molar-refractivity contribution in [1.82, 2.24) is 9.38 Å². The van der Waals surface area contributed by atoms with Gasteiger partial charge in [0, 0.05) is 13.1 Å². The zero-order valence-corrected chi connectivity index (χ0v) is 14.3. The highest BCUT2D eigenvalue weighted by Crippen LogP contribution is 2.53. The zero-order chi connectivity index (χ0) is 17.4. The molecule has 126 valence electrons. The number of benzene rings is 1. The molecule has 3 aromatic rings. The number of anilines is 1. The van der Waals surface area contributed by atoms with E-state index in [1.165, 1.54) is 16.9 Å². The Balaban J connectivity index is 1.66. The first-order valence-corrected chi connectivity index (χ1v) is 9.31. The van der Waals surface area contributed by atoms with E-state index in [1.54, 1.807) is 0 Å². The maximum absolute atomic E-state index is 9.84. The highest BCUT2D eigenvalue weighted by atomic mass is 15.3. The minimum atomic E-state index is 0.243. The number of rotatable bonds is 1. The summed E-state index contributed by atoms with van der Waals surface area (Å²) in [5.74, 6) is 2.49. The van der Waals surface area contributed by atoms with Gasteiger partial charge >= 0.3 is 0 Å². The molecule has 3 aliphatic rings. The predicted molar refractivity (Wildman–Crippen MR) is 97.7 cm³/mol. The number of piperidine rings is 1. The third kappa shape index (κ3) is 1.61. The highest BCUT2D eigenvalue weighted by Gasteiger charge is 2.56. The van der Waals surface area contributed by atoms with Gasteiger partial charge in [0.15, 0.2) is 5.65 Å². The summed E-state index contributed by atoms with van der Waals surface area (Å²) >= 11 is 0. The molecule has 2 fully saturated rings. The summed E-state index contributed by atoms with van der Waals surface area (Å²) in [6, 6.07) is 13.0. The number of hydrogen-bond acceptors (Lipinski definition) is 4. The summed E-state index contributed by atoms with van der Waals surface area (Å²) in [4.78, 5) is 7.27. The lowest BCUT2D eigenvalue weighted by Crippen LogP contribution is -2.27. The van der Waals surface area contributed by atoms with Crippen molar-refractivity contribution in [2.24, 2.45) is 17.8 Å². The Hall–Kier alpha value is -3.05. The van der Waals surface area contributed by atoms with E-state index in [9.17, 15) is 10.5 Å². The fourth-order valence-electron chi connectivity index (χ4n) is 5.28. The SMILES string of the molecule is N#Cc1c2c(c(N3C[C@@H]4C(C#N)[C@@H]4C3)n3c1nc1ccccc13)CCC2. The zero-order valence-electron chi connectivity index (χ0n) is 14.3. The van der Waals surface area contributed by atoms with Gasteiger partial charge in [-0.15, -0.1) is 0 Å². The van der Waals surface area contributed by atoms with E-state index in [4.69, 9.17) is 4.98 Å². The van der Waals surface area contributed by atoms with Crippen LogP contribution in [0.2, 0.25) is 0 Å². The van der Waals surface area contributed by atoms with Crippen LogP contribution in [0.15, 0.2) is 24.3 Å². The van der Waals surface area contributed by atoms with Crippen LogP contribution in [0, 0.1) is 40.4 Å². The third-order valence-electron chi connectivity index (χ3n) is 6.54. The van der Waals surface area contributed by atoms with E-state index in [0.29, 0.717) is 11.8 Å². The minimum absolute atomic E-state index is 0.243. The lowest BCUT2D eigenvalue weighted by molar-refractivity contribution is 0.728. The number of pyridine rings is 1. The van der Waals surface area contributed by atoms with Gasteiger partial charge in [0.05, 0.1) is 28.6 Å². The van der Waals surface area contributed by atoms with Crippen LogP contribution in [0.4, 0.5) is 5.82 Å². The Morgan fingerprint density at radius 2 is 1.81 bits per heavy atom. The van der Waals surface area contributed by atoms with Gasteiger partial charge in [0.25, 0.3) is 0 Å². The van der Waals surface area contributed by atoms with Crippen LogP contribution in [0.25, 0.3) is 16.7 Å². The van der Waals surface area contributed by atoms with Crippen LogP contribution in [0.5, 0.6) is 0 Å². The second-order valence-electron chi connectivity index (χ2n) is 7.77. The maximum atomic E-state index is 9.84. The van der Waals surface area contributed by atoms with Crippen molar-refractivity contribution < 1.29 is 0 Å². The maximum Gasteiger partial charge on any atom is 0.157 e. The van der Waals surface area contributed by atoms with Crippen LogP contribution in [-0.4, -0.2) is 22.5 Å². The largest absolute Gasteiger partial charge is 0.357 e. The van der Waals surface area contributed by atoms with Crippen molar-refractivity contribution in [3.63, 3.8) is 0 Å². The van der Waals surface area contributed by atoms with E-state index < -0.39 is 0 Å². The van der Waals surface area contributed by atoms with Gasteiger partial charge in [-0.25, -0.2) is 4.98 Å². The summed E-state index contributed by atoms with van der Waals surface area (Å²) in [5, 5.41) is 19.1. The first-order chi connectivity index (χ1) is 12.8. The molecule has 1 unspecified atom stereocenters. The molecule has 2 aromatic heterocycles. The number of aromatic nitrogens is 2. The molecule has 0 radical (unpaired) electrons. The lowest BCUT2D eigenvalue weighted by Gasteiger charge is -2.26. The van der Waals surface area contributed by atoms with Crippen molar-refractivity contribution in [2.75, 3.05) is 18.0 Å². The predicted octanol–water partition coefficient (Wildman–Crippen LogP) is 3.05. The average Bonchev–Trinajstić information content (AvgIpc) is 3.12. The van der Waals surface area contributed by atoms with Crippen LogP contribution in [0.3, 0.4) is 0 Å². The van der Waals surface area contributed by atoms with E-state index in [0.717, 1.165) is 54.6 Å². The molecule has 1 saturated heterocycles. The van der Waals surface area contributed by atoms with Gasteiger partial charge in [-0.3, -0.25) is 4.40 Å². The molecule has 3 heterocycles. The van der Waals surface area contributed by atoms with Crippen molar-refractivity contribution in [3.05, 3.63) is 41.0 Å². The van der Waals surface area contributed by atoms with Crippen LogP contribution in [0.1, 0.15) is 23.1 Å². The lowest BCUT2D eigenvalue weighted by atomic mass is 10.1. The Morgan fingerprint density at radius 3 is 2.58 bits per heavy atom. The average molecular weight is 339 g/mol. The van der Waals surface area contributed by atoms with Crippen LogP contribution >= 0.6 is 0 Å². The van der Waals surface area contributed by atoms with Crippen molar-refractivity contribution in [2.45, 2.75) is 19.3 Å². The monoisotopic (exact) mass is 339 g/mol. The van der Waals surface area contributed by atoms with E-state index in [1.807, 2.05) is 18.2 Å². The number of nitriles is 2. The highest BCUT2D eigenvalue weighted by molar-refractivity contribution is 5.86. The molecule has 0 N–H and O–H groups in total. The molecule has 6 rings (SSSR count). The Labute approximate surface area is 151 Å². The standard InChI is InChI=1S/C21H17N5/c22-8-14-16-10-25(11-17(14)16)21-13-5-3-4-12(13)15(9-23)20-24-18-6-1-2-7-19(18)26(20)21/h1-2,6-7,14,16-17H,3-5,10-11H2/t14?,16-,17+. The summed E-state index contributed by atoms with van der Waals surface area (Å²) < 4.78 is 2.21. The molecule has 1 saturated carbocycles. The fraction of sp³-hybridized carbons (Fsp3) is 0.381. The first kappa shape index (κ1) is 14.2. The molecule has 0 bridgehead atoms. The number of nitrogens with zero attached hydrogens (tertiary/aromatic N) is 5. The topological polar surface area (TPSA) is 68.1 Å². The van der Waals surface area contributed by atoms with Gasteiger partial charge in [0.2, 0.25) is 0 Å². The third-order valence-corrected chi connectivity index (χ3v) is 6.54. The minimum Gasteiger partial charge on any atom is -0.357 e. The smallest absolute Gasteiger partial charge is 0.157 e. The molecule has 1 aromatic carbocycles. The Kier molecular flexibility index (Phi) is 2.60. The van der Waals surface area contributed by atoms with E-state index >= 15 is 0 Å². The van der Waals surface area contributed by atoms with Crippen molar-refractivity contribution in [1.29, 1.82) is 10.5 Å². The summed E-state index contributed by atoms with van der Waals surface area (Å²) in [7, 11) is 0. The number of imidazole rings is 1. The Bertz CT molecular complexity index is 1160. The van der Waals surface area contributed by atoms with Gasteiger partial charge in [-0.2, -0.15) is 10.5 Å². The van der Waals surface area contributed by atoms with Crippen molar-refractivity contribution >= 4 is 22.5 Å². The van der Waals surface area contributed by atoms with Gasteiger partial charge in [-0.1, -0.05) is 12.1 Å². The number of para-hydroxylation sites is 2. The molecular weight excluding hydrogens is 322 g/mol. The molecule has 5 heteroatoms. The number of hydrogen-bond donors (Lipinski definition) is 0. The van der Waals surface area contributed by atoms with E-state index in [2.05, 4.69) is 27.5 Å². The molecule has 26 heavy (non-hydrogen) atoms. The summed E-state index contributed by atoms with van der Waals surface area (Å²) in [6.07, 6.45) is 3.09. The van der Waals surface area contributed by atoms with Gasteiger partial charge in [-0.05, 0) is 54.4 Å². The summed E-state index contributed by atoms with van der Waals surface area (Å²) in [6.45, 7) is 1.89. The van der Waals surface area contributed by atoms with Crippen LogP contribution in [-0.2, 0) is 12.8 Å². The normalized spacial score (nSPS) is 25.9. The molecule has 3 atom stereocenters. The molecule has 2 aliphatic carbocycles. The molecule has 5 nitrogen and oxygen atoms in total. The fourth-order valence-corrected chi connectivity index (χ4v) is 5.28. The molecule has 0 amide bonds. The molecular formula is C21H17N5. The quantitative estimate of drug-likeness (QED) is 0.683. The molecule has 1 aliphatic heterocycles. The number of fused-ring (bicyclic) bond motifs is 5. The van der Waals surface area contributed by atoms with Gasteiger partial charge < -0.3 is 4.90 Å². The Morgan fingerprint density at radius 1 is 1.04 bits per heavy atom. The van der Waals surface area contributed by atoms with Crippen molar-refractivity contribution in [3.8, 4) is 12.1 Å². The summed E-state index contributed by atoms with van der Waals surface area (Å²) in [5.41, 5.74) is 6.07. The molecule has 0 spiro atoms. The van der Waals surface area contributed by atoms with Gasteiger partial charge in [0.1, 0.15) is 11.9 Å². The second kappa shape index (κ2) is 4.77. The first-order valence-electron chi connectivity index (χ1n) is 9.31. The second-order valence-corrected chi connectivity index (χ2v) is 7.77. The van der Waals surface area contributed by atoms with E-state index in [-0.39, 0.29) is 5.92 Å². The van der Waals surface area contributed by atoms with Crippen LogP contribution < -0.4 is 4.90 Å².